The number of ether oxygens (including phenoxy) is 3. The number of amides is 2. The lowest BCUT2D eigenvalue weighted by Gasteiger charge is -2.19. The Kier molecular flexibility index (Phi) is 8.63. The van der Waals surface area contributed by atoms with E-state index in [0.29, 0.717) is 5.56 Å². The van der Waals surface area contributed by atoms with E-state index in [1.807, 2.05) is 0 Å². The van der Waals surface area contributed by atoms with Crippen molar-refractivity contribution in [1.29, 1.82) is 0 Å². The second kappa shape index (κ2) is 13.6. The van der Waals surface area contributed by atoms with Crippen LogP contribution in [0.5, 0.6) is 5.75 Å². The molecular formula is C28H31ClFN9O5. The molecule has 0 saturated carbocycles. The fourth-order valence-corrected chi connectivity index (χ4v) is 3.98. The van der Waals surface area contributed by atoms with Crippen LogP contribution in [0.4, 0.5) is 26.4 Å². The number of carbonyl (C=O) groups excluding carboxylic acids is 2. The molecule has 0 unspecified atom stereocenters. The first kappa shape index (κ1) is 27.9. The summed E-state index contributed by atoms with van der Waals surface area (Å²) < 4.78 is 55.5. The Bertz CT molecular complexity index is 1780. The number of aromatic nitrogens is 6. The zero-order valence-electron chi connectivity index (χ0n) is 27.4. The van der Waals surface area contributed by atoms with Gasteiger partial charge in [0.1, 0.15) is 40.8 Å². The molecule has 0 atom stereocenters. The summed E-state index contributed by atoms with van der Waals surface area (Å²) in [5.74, 6) is -1.37. The fourth-order valence-electron chi connectivity index (χ4n) is 3.84. The minimum atomic E-state index is -2.58. The lowest BCUT2D eigenvalue weighted by Crippen LogP contribution is -2.27. The molecule has 16 heteroatoms. The van der Waals surface area contributed by atoms with Crippen LogP contribution in [-0.2, 0) is 22.7 Å². The zero-order valence-corrected chi connectivity index (χ0v) is 25.1. The van der Waals surface area contributed by atoms with Crippen LogP contribution in [0.25, 0.3) is 5.69 Å². The van der Waals surface area contributed by atoms with Crippen LogP contribution >= 0.6 is 11.6 Å². The summed E-state index contributed by atoms with van der Waals surface area (Å²) in [7, 11) is 2.80. The molecule has 3 aromatic heterocycles. The van der Waals surface area contributed by atoms with Crippen molar-refractivity contribution in [2.75, 3.05) is 24.8 Å². The Morgan fingerprint density at radius 3 is 2.61 bits per heavy atom. The van der Waals surface area contributed by atoms with Crippen molar-refractivity contribution in [3.63, 3.8) is 0 Å². The smallest absolute Gasteiger partial charge is 0.413 e. The summed E-state index contributed by atoms with van der Waals surface area (Å²) >= 11 is 6.08. The molecule has 4 aromatic rings. The lowest BCUT2D eigenvalue weighted by molar-refractivity contribution is 0.0634. The van der Waals surface area contributed by atoms with Crippen LogP contribution < -0.4 is 20.7 Å². The van der Waals surface area contributed by atoms with Gasteiger partial charge in [0.2, 0.25) is 0 Å². The highest BCUT2D eigenvalue weighted by molar-refractivity contribution is 6.29. The Hall–Kier alpha value is -4.89. The molecular weight excluding hydrogens is 597 g/mol. The van der Waals surface area contributed by atoms with Crippen molar-refractivity contribution in [1.82, 2.24) is 35.3 Å². The highest BCUT2D eigenvalue weighted by atomic mass is 35.5. The number of methoxy groups -OCH3 is 1. The van der Waals surface area contributed by atoms with Gasteiger partial charge in [-0.15, -0.1) is 10.2 Å². The normalized spacial score (nSPS) is 12.5. The quantitative estimate of drug-likeness (QED) is 0.222. The monoisotopic (exact) mass is 630 g/mol. The fraction of sp³-hybridized carbons (Fsp3) is 0.321. The number of hydrogen-bond donors (Lipinski definition) is 3. The van der Waals surface area contributed by atoms with E-state index in [9.17, 15) is 14.0 Å². The van der Waals surface area contributed by atoms with Gasteiger partial charge in [-0.25, -0.2) is 23.8 Å². The maximum Gasteiger partial charge on any atom is 0.413 e. The summed E-state index contributed by atoms with van der Waals surface area (Å²) in [6, 6.07) is 7.03. The Morgan fingerprint density at radius 2 is 1.93 bits per heavy atom. The van der Waals surface area contributed by atoms with Crippen LogP contribution in [0.3, 0.4) is 0 Å². The van der Waals surface area contributed by atoms with Gasteiger partial charge >= 0.3 is 6.09 Å². The van der Waals surface area contributed by atoms with Gasteiger partial charge in [0.15, 0.2) is 16.6 Å². The average molecular weight is 631 g/mol. The minimum Gasteiger partial charge on any atom is -0.492 e. The molecule has 0 fully saturated rings. The van der Waals surface area contributed by atoms with E-state index >= 15 is 0 Å². The molecule has 0 radical (unpaired) electrons. The number of benzene rings is 1. The third-order valence-corrected chi connectivity index (χ3v) is 5.79. The van der Waals surface area contributed by atoms with Gasteiger partial charge in [-0.2, -0.15) is 5.10 Å². The van der Waals surface area contributed by atoms with E-state index in [1.54, 1.807) is 32.9 Å². The molecule has 4 rings (SSSR count). The molecule has 0 aliphatic heterocycles. The molecule has 0 aliphatic rings. The first-order chi connectivity index (χ1) is 22.1. The van der Waals surface area contributed by atoms with Gasteiger partial charge < -0.3 is 24.8 Å². The standard InChI is InChI=1S/C28H31ClFN9O5/c1-15-32-14-39(38-15)21-10-16(9-19(25(21)42-6)33-18-11-22(29)36-37-24(18)26(40)31-5)12-43-13-20-17(30)7-8-23(34-20)35-27(41)44-28(2,3)4/h7-11,14H,12-13H2,1-6H3,(H,31,40)(H,33,36)(H,34,35,41)/i1D3. The zero-order chi connectivity index (χ0) is 34.5. The number of aryl methyl sites for hydroxylation is 1. The SMILES string of the molecule is [2H]C([2H])([2H])c1ncn(-c2cc(COCc3nc(NC(=O)OC(C)(C)C)ccc3F)cc(Nc3cc(Cl)nnc3C(=O)NC)c2OC)n1. The van der Waals surface area contributed by atoms with Gasteiger partial charge in [-0.05, 0) is 57.5 Å². The van der Waals surface area contributed by atoms with Crippen LogP contribution in [0.15, 0.2) is 36.7 Å². The first-order valence-corrected chi connectivity index (χ1v) is 13.3. The summed E-state index contributed by atoms with van der Waals surface area (Å²) in [4.78, 5) is 32.7. The number of halogens is 2. The first-order valence-electron chi connectivity index (χ1n) is 14.5. The number of hydrogen-bond acceptors (Lipinski definition) is 11. The van der Waals surface area contributed by atoms with Crippen molar-refractivity contribution in [3.8, 4) is 11.4 Å². The van der Waals surface area contributed by atoms with E-state index in [4.69, 9.17) is 29.9 Å². The Labute approximate surface area is 261 Å². The second-order valence-electron chi connectivity index (χ2n) is 10.1. The molecule has 14 nitrogen and oxygen atoms in total. The molecule has 0 bridgehead atoms. The topological polar surface area (TPSA) is 167 Å². The molecule has 0 aliphatic carbocycles. The van der Waals surface area contributed by atoms with Crippen molar-refractivity contribution < 1.29 is 32.3 Å². The van der Waals surface area contributed by atoms with Crippen LogP contribution in [0.1, 0.15) is 52.5 Å². The molecule has 1 aromatic carbocycles. The second-order valence-corrected chi connectivity index (χ2v) is 10.5. The lowest BCUT2D eigenvalue weighted by atomic mass is 10.1. The molecule has 232 valence electrons. The summed E-state index contributed by atoms with van der Waals surface area (Å²) in [6.45, 7) is 2.12. The van der Waals surface area contributed by atoms with Crippen molar-refractivity contribution in [2.45, 2.75) is 46.4 Å². The number of pyridine rings is 1. The maximum absolute atomic E-state index is 14.6. The van der Waals surface area contributed by atoms with Gasteiger partial charge in [-0.3, -0.25) is 10.1 Å². The maximum atomic E-state index is 14.6. The molecule has 2 amide bonds. The summed E-state index contributed by atoms with van der Waals surface area (Å²) in [5.41, 5.74) is 0.275. The summed E-state index contributed by atoms with van der Waals surface area (Å²) in [6.07, 6.45) is 0.450. The van der Waals surface area contributed by atoms with E-state index < -0.39 is 36.1 Å². The number of nitrogens with zero attached hydrogens (tertiary/aromatic N) is 6. The van der Waals surface area contributed by atoms with E-state index in [1.165, 1.54) is 37.3 Å². The van der Waals surface area contributed by atoms with E-state index in [-0.39, 0.29) is 58.4 Å². The largest absolute Gasteiger partial charge is 0.492 e. The molecule has 3 heterocycles. The molecule has 44 heavy (non-hydrogen) atoms. The predicted octanol–water partition coefficient (Wildman–Crippen LogP) is 4.73. The predicted molar refractivity (Wildman–Crippen MR) is 159 cm³/mol. The number of anilines is 3. The van der Waals surface area contributed by atoms with Crippen molar-refractivity contribution in [2.24, 2.45) is 0 Å². The van der Waals surface area contributed by atoms with Gasteiger partial charge in [-0.1, -0.05) is 11.6 Å². The van der Waals surface area contributed by atoms with Crippen LogP contribution in [0, 0.1) is 12.7 Å². The Morgan fingerprint density at radius 1 is 1.14 bits per heavy atom. The third kappa shape index (κ3) is 8.14. The third-order valence-electron chi connectivity index (χ3n) is 5.60. The summed E-state index contributed by atoms with van der Waals surface area (Å²) in [5, 5.41) is 19.7. The Balaban J connectivity index is 1.67. The number of rotatable bonds is 10. The van der Waals surface area contributed by atoms with E-state index in [2.05, 4.69) is 41.2 Å². The number of carbonyl (C=O) groups is 2. The minimum absolute atomic E-state index is 0.00431. The van der Waals surface area contributed by atoms with E-state index in [0.717, 1.165) is 6.07 Å². The highest BCUT2D eigenvalue weighted by Crippen LogP contribution is 2.36. The van der Waals surface area contributed by atoms with Gasteiger partial charge in [0, 0.05) is 17.2 Å². The van der Waals surface area contributed by atoms with Crippen molar-refractivity contribution in [3.05, 3.63) is 70.4 Å². The molecule has 3 N–H and O–H groups in total. The number of nitrogens with one attached hydrogen (secondary N) is 3. The van der Waals surface area contributed by atoms with Gasteiger partial charge in [0.25, 0.3) is 5.91 Å². The molecule has 0 spiro atoms. The van der Waals surface area contributed by atoms with Crippen LogP contribution in [0.2, 0.25) is 5.15 Å². The highest BCUT2D eigenvalue weighted by Gasteiger charge is 2.20. The van der Waals surface area contributed by atoms with Crippen molar-refractivity contribution >= 4 is 40.8 Å². The average Bonchev–Trinajstić information content (AvgIpc) is 3.49. The van der Waals surface area contributed by atoms with Crippen LogP contribution in [-0.4, -0.2) is 61.7 Å². The van der Waals surface area contributed by atoms with Gasteiger partial charge in [0.05, 0.1) is 31.7 Å². The molecule has 0 saturated heterocycles.